The van der Waals surface area contributed by atoms with Crippen LogP contribution >= 0.6 is 11.3 Å². The Kier molecular flexibility index (Phi) is 4.19. The fourth-order valence-corrected chi connectivity index (χ4v) is 6.11. The summed E-state index contributed by atoms with van der Waals surface area (Å²) in [6.07, 6.45) is 5.52. The van der Waals surface area contributed by atoms with Crippen LogP contribution in [0.15, 0.2) is 10.2 Å². The maximum Gasteiger partial charge on any atom is 0.273 e. The van der Waals surface area contributed by atoms with Crippen molar-refractivity contribution in [2.45, 2.75) is 57.5 Å². The normalized spacial score (nSPS) is 25.7. The lowest BCUT2D eigenvalue weighted by atomic mass is 9.85. The van der Waals surface area contributed by atoms with Crippen LogP contribution < -0.4 is 5.56 Å². The van der Waals surface area contributed by atoms with Crippen molar-refractivity contribution in [3.8, 4) is 0 Å². The number of hydrogen-bond acceptors (Lipinski definition) is 6. The summed E-state index contributed by atoms with van der Waals surface area (Å²) in [4.78, 5) is 40.0. The Morgan fingerprint density at radius 2 is 2.07 bits per heavy atom. The van der Waals surface area contributed by atoms with Gasteiger partial charge in [0.1, 0.15) is 11.5 Å². The number of fused-ring (bicyclic) bond motifs is 3. The minimum atomic E-state index is -0.0853. The highest BCUT2D eigenvalue weighted by Gasteiger charge is 2.47. The molecule has 158 valence electrons. The number of carbonyl (C=O) groups is 1. The molecule has 1 saturated heterocycles. The predicted molar refractivity (Wildman–Crippen MR) is 114 cm³/mol. The monoisotopic (exact) mass is 425 g/mol. The number of rotatable bonds is 3. The molecule has 0 radical (unpaired) electrons. The number of aromatic nitrogens is 3. The zero-order valence-electron chi connectivity index (χ0n) is 17.4. The first-order valence-electron chi connectivity index (χ1n) is 11.1. The van der Waals surface area contributed by atoms with Crippen LogP contribution in [0.3, 0.4) is 0 Å². The van der Waals surface area contributed by atoms with Crippen molar-refractivity contribution in [3.05, 3.63) is 43.5 Å². The van der Waals surface area contributed by atoms with Gasteiger partial charge in [-0.05, 0) is 45.1 Å². The maximum absolute atomic E-state index is 13.4. The fraction of sp³-hybridized carbons (Fsp3) is 0.636. The number of hydrogen-bond donors (Lipinski definition) is 0. The third-order valence-corrected chi connectivity index (χ3v) is 8.15. The van der Waals surface area contributed by atoms with E-state index in [2.05, 4.69) is 9.88 Å². The molecule has 0 N–H and O–H groups in total. The van der Waals surface area contributed by atoms with Gasteiger partial charge in [-0.25, -0.2) is 9.97 Å². The van der Waals surface area contributed by atoms with Crippen molar-refractivity contribution in [2.75, 3.05) is 26.2 Å². The number of nitrogens with zero attached hydrogens (tertiary/aromatic N) is 5. The zero-order chi connectivity index (χ0) is 20.5. The van der Waals surface area contributed by atoms with Crippen molar-refractivity contribution < 1.29 is 4.79 Å². The summed E-state index contributed by atoms with van der Waals surface area (Å²) >= 11 is 1.48. The van der Waals surface area contributed by atoms with Gasteiger partial charge in [-0.3, -0.25) is 14.2 Å². The van der Waals surface area contributed by atoms with E-state index in [4.69, 9.17) is 4.98 Å². The summed E-state index contributed by atoms with van der Waals surface area (Å²) < 4.78 is 1.92. The SMILES string of the molecule is Cc1nc(C(=O)N2CCc3nc4n(c(=O)c3C2)CC[C@]42CCN(CC3CC3)C2)cs1. The van der Waals surface area contributed by atoms with E-state index in [1.54, 1.807) is 10.3 Å². The van der Waals surface area contributed by atoms with Crippen LogP contribution in [-0.2, 0) is 24.9 Å². The summed E-state index contributed by atoms with van der Waals surface area (Å²) in [7, 11) is 0. The second kappa shape index (κ2) is 6.72. The Balaban J connectivity index is 1.28. The van der Waals surface area contributed by atoms with Crippen LogP contribution in [0, 0.1) is 12.8 Å². The largest absolute Gasteiger partial charge is 0.332 e. The Bertz CT molecular complexity index is 1090. The molecule has 0 bridgehead atoms. The Morgan fingerprint density at radius 1 is 1.23 bits per heavy atom. The minimum absolute atomic E-state index is 0.0498. The van der Waals surface area contributed by atoms with E-state index in [1.165, 1.54) is 30.7 Å². The highest BCUT2D eigenvalue weighted by molar-refractivity contribution is 7.09. The number of carbonyl (C=O) groups excluding carboxylic acids is 1. The van der Waals surface area contributed by atoms with Crippen LogP contribution in [0.25, 0.3) is 0 Å². The molecule has 1 saturated carbocycles. The first-order valence-corrected chi connectivity index (χ1v) is 12.0. The molecular weight excluding hydrogens is 398 g/mol. The smallest absolute Gasteiger partial charge is 0.273 e. The van der Waals surface area contributed by atoms with Gasteiger partial charge in [0.15, 0.2) is 0 Å². The summed E-state index contributed by atoms with van der Waals surface area (Å²) in [6, 6.07) is 0. The van der Waals surface area contributed by atoms with Crippen molar-refractivity contribution in [1.82, 2.24) is 24.3 Å². The van der Waals surface area contributed by atoms with Gasteiger partial charge in [0, 0.05) is 43.4 Å². The molecule has 7 nitrogen and oxygen atoms in total. The average Bonchev–Trinajstić information content (AvgIpc) is 3.14. The molecule has 4 aliphatic rings. The lowest BCUT2D eigenvalue weighted by Gasteiger charge is -2.29. The second-order valence-electron chi connectivity index (χ2n) is 9.50. The molecule has 30 heavy (non-hydrogen) atoms. The van der Waals surface area contributed by atoms with E-state index in [9.17, 15) is 9.59 Å². The molecule has 1 aliphatic carbocycles. The summed E-state index contributed by atoms with van der Waals surface area (Å²) in [5.74, 6) is 1.82. The van der Waals surface area contributed by atoms with Gasteiger partial charge in [0.05, 0.1) is 22.8 Å². The molecule has 8 heteroatoms. The van der Waals surface area contributed by atoms with Crippen LogP contribution in [0.5, 0.6) is 0 Å². The molecule has 2 fully saturated rings. The van der Waals surface area contributed by atoms with Gasteiger partial charge in [0.25, 0.3) is 11.5 Å². The standard InChI is InChI=1S/C22H27N5O2S/c1-14-23-18(12-30-14)20(29)26-7-4-17-16(11-26)19(28)27-9-6-22(21(27)24-17)5-8-25(13-22)10-15-2-3-15/h12,15H,2-11,13H2,1H3/t22-/m0/s1. The van der Waals surface area contributed by atoms with Gasteiger partial charge >= 0.3 is 0 Å². The Hall–Kier alpha value is -2.06. The van der Waals surface area contributed by atoms with Gasteiger partial charge in [-0.2, -0.15) is 0 Å². The third kappa shape index (κ3) is 2.95. The molecule has 1 amide bonds. The third-order valence-electron chi connectivity index (χ3n) is 7.38. The lowest BCUT2D eigenvalue weighted by molar-refractivity contribution is 0.0726. The minimum Gasteiger partial charge on any atom is -0.332 e. The van der Waals surface area contributed by atoms with Crippen LogP contribution in [-0.4, -0.2) is 56.4 Å². The van der Waals surface area contributed by atoms with Gasteiger partial charge < -0.3 is 9.80 Å². The van der Waals surface area contributed by atoms with Gasteiger partial charge in [0.2, 0.25) is 0 Å². The van der Waals surface area contributed by atoms with Crippen LogP contribution in [0.2, 0.25) is 0 Å². The van der Waals surface area contributed by atoms with Gasteiger partial charge in [-0.15, -0.1) is 11.3 Å². The van der Waals surface area contributed by atoms with Crippen LogP contribution in [0.1, 0.15) is 58.3 Å². The molecule has 5 heterocycles. The van der Waals surface area contributed by atoms with E-state index in [-0.39, 0.29) is 16.9 Å². The van der Waals surface area contributed by atoms with Crippen LogP contribution in [0.4, 0.5) is 0 Å². The van der Waals surface area contributed by atoms with E-state index in [0.717, 1.165) is 54.9 Å². The Morgan fingerprint density at radius 3 is 2.83 bits per heavy atom. The summed E-state index contributed by atoms with van der Waals surface area (Å²) in [5, 5.41) is 2.69. The molecule has 3 aliphatic heterocycles. The topological polar surface area (TPSA) is 71.3 Å². The summed E-state index contributed by atoms with van der Waals surface area (Å²) in [5.41, 5.74) is 2.21. The first-order chi connectivity index (χ1) is 14.5. The number of amides is 1. The molecule has 2 aromatic rings. The predicted octanol–water partition coefficient (Wildman–Crippen LogP) is 1.96. The van der Waals surface area contributed by atoms with E-state index in [1.807, 2.05) is 11.5 Å². The molecule has 1 atom stereocenters. The molecule has 2 aromatic heterocycles. The maximum atomic E-state index is 13.4. The number of thiazole rings is 1. The van der Waals surface area contributed by atoms with Crippen molar-refractivity contribution in [2.24, 2.45) is 5.92 Å². The van der Waals surface area contributed by atoms with E-state index < -0.39 is 0 Å². The summed E-state index contributed by atoms with van der Waals surface area (Å²) in [6.45, 7) is 6.98. The first kappa shape index (κ1) is 18.7. The molecule has 6 rings (SSSR count). The fourth-order valence-electron chi connectivity index (χ4n) is 5.53. The molecular formula is C22H27N5O2S. The van der Waals surface area contributed by atoms with Crippen molar-refractivity contribution >= 4 is 17.2 Å². The molecule has 0 unspecified atom stereocenters. The van der Waals surface area contributed by atoms with E-state index >= 15 is 0 Å². The Labute approximate surface area is 179 Å². The number of likely N-dealkylation sites (tertiary alicyclic amines) is 1. The highest BCUT2D eigenvalue weighted by Crippen LogP contribution is 2.42. The van der Waals surface area contributed by atoms with E-state index in [0.29, 0.717) is 30.8 Å². The highest BCUT2D eigenvalue weighted by atomic mass is 32.1. The quantitative estimate of drug-likeness (QED) is 0.752. The van der Waals surface area contributed by atoms with Crippen molar-refractivity contribution in [1.29, 1.82) is 0 Å². The van der Waals surface area contributed by atoms with Gasteiger partial charge in [-0.1, -0.05) is 0 Å². The number of aryl methyl sites for hydroxylation is 1. The second-order valence-corrected chi connectivity index (χ2v) is 10.6. The van der Waals surface area contributed by atoms with Crippen molar-refractivity contribution in [3.63, 3.8) is 0 Å². The molecule has 1 spiro atoms. The lowest BCUT2D eigenvalue weighted by Crippen LogP contribution is -2.42. The average molecular weight is 426 g/mol. The zero-order valence-corrected chi connectivity index (χ0v) is 18.2. The molecule has 0 aromatic carbocycles.